The molecule has 0 radical (unpaired) electrons. The molecular formula is C9H9BrN4O2. The molecule has 0 aliphatic rings. The molecule has 84 valence electrons. The van der Waals surface area contributed by atoms with Gasteiger partial charge in [-0.25, -0.2) is 0 Å². The van der Waals surface area contributed by atoms with Gasteiger partial charge >= 0.3 is 0 Å². The van der Waals surface area contributed by atoms with Crippen LogP contribution in [0.5, 0.6) is 0 Å². The summed E-state index contributed by atoms with van der Waals surface area (Å²) in [5.41, 5.74) is 5.20. The summed E-state index contributed by atoms with van der Waals surface area (Å²) in [7, 11) is 0. The number of carbonyl (C=O) groups is 1. The number of amides is 1. The lowest BCUT2D eigenvalue weighted by Crippen LogP contribution is -2.28. The minimum Gasteiger partial charge on any atom is -0.394 e. The number of nitrogens with one attached hydrogen (secondary N) is 1. The Morgan fingerprint density at radius 3 is 2.88 bits per heavy atom. The van der Waals surface area contributed by atoms with Crippen molar-refractivity contribution in [1.82, 2.24) is 9.88 Å². The Labute approximate surface area is 99.8 Å². The number of anilines is 1. The number of pyridine rings is 1. The van der Waals surface area contributed by atoms with Crippen LogP contribution in [0.4, 0.5) is 5.69 Å². The number of halogens is 1. The average molecular weight is 285 g/mol. The monoisotopic (exact) mass is 284 g/mol. The van der Waals surface area contributed by atoms with Crippen LogP contribution in [0, 0.1) is 11.3 Å². The molecule has 3 N–H and O–H groups in total. The molecule has 1 aromatic heterocycles. The Morgan fingerprint density at radius 1 is 1.62 bits per heavy atom. The van der Waals surface area contributed by atoms with Crippen molar-refractivity contribution in [3.05, 3.63) is 27.1 Å². The number of hydrogen-bond acceptors (Lipinski definition) is 4. The Morgan fingerprint density at radius 2 is 2.31 bits per heavy atom. The fourth-order valence-electron chi connectivity index (χ4n) is 1.07. The summed E-state index contributed by atoms with van der Waals surface area (Å²) < 4.78 is 1.76. The zero-order chi connectivity index (χ0) is 12.1. The van der Waals surface area contributed by atoms with Crippen molar-refractivity contribution in [3.8, 4) is 6.07 Å². The standard InChI is InChI=1S/C9H9BrN4O2/c10-6-3-14(4-7(12)9(6)16)5-8(15)13-2-1-11/h3-4H,2,5,12H2,(H,13,15). The first-order valence-corrected chi connectivity index (χ1v) is 5.12. The largest absolute Gasteiger partial charge is 0.394 e. The van der Waals surface area contributed by atoms with E-state index in [2.05, 4.69) is 21.2 Å². The number of nitrogens with zero attached hydrogens (tertiary/aromatic N) is 2. The van der Waals surface area contributed by atoms with E-state index in [1.165, 1.54) is 17.0 Å². The molecule has 0 bridgehead atoms. The quantitative estimate of drug-likeness (QED) is 0.753. The number of nitriles is 1. The Hall–Kier alpha value is -1.81. The zero-order valence-corrected chi connectivity index (χ0v) is 9.82. The molecule has 0 spiro atoms. The van der Waals surface area contributed by atoms with E-state index in [0.717, 1.165) is 0 Å². The molecule has 0 saturated carbocycles. The van der Waals surface area contributed by atoms with E-state index in [1.807, 2.05) is 0 Å². The van der Waals surface area contributed by atoms with Gasteiger partial charge in [-0.1, -0.05) is 0 Å². The molecule has 1 heterocycles. The van der Waals surface area contributed by atoms with E-state index < -0.39 is 0 Å². The number of nitrogens with two attached hydrogens (primary N) is 1. The number of aromatic nitrogens is 1. The van der Waals surface area contributed by atoms with Gasteiger partial charge in [0.05, 0.1) is 16.2 Å². The van der Waals surface area contributed by atoms with Gasteiger partial charge in [-0.05, 0) is 15.9 Å². The second-order valence-electron chi connectivity index (χ2n) is 3.00. The van der Waals surface area contributed by atoms with E-state index in [-0.39, 0.29) is 30.1 Å². The number of hydrogen-bond donors (Lipinski definition) is 2. The lowest BCUT2D eigenvalue weighted by atomic mass is 10.4. The van der Waals surface area contributed by atoms with Crippen LogP contribution in [0.15, 0.2) is 21.7 Å². The first kappa shape index (κ1) is 12.3. The van der Waals surface area contributed by atoms with Gasteiger partial charge in [0.15, 0.2) is 0 Å². The van der Waals surface area contributed by atoms with Crippen molar-refractivity contribution in [2.75, 3.05) is 12.3 Å². The summed E-state index contributed by atoms with van der Waals surface area (Å²) in [6.45, 7) is -0.0412. The third-order valence-corrected chi connectivity index (χ3v) is 2.32. The Balaban J connectivity index is 2.80. The molecule has 0 fully saturated rings. The highest BCUT2D eigenvalue weighted by atomic mass is 79.9. The van der Waals surface area contributed by atoms with Gasteiger partial charge in [0.25, 0.3) is 0 Å². The van der Waals surface area contributed by atoms with Gasteiger partial charge in [-0.3, -0.25) is 9.59 Å². The van der Waals surface area contributed by atoms with Crippen molar-refractivity contribution in [2.45, 2.75) is 6.54 Å². The van der Waals surface area contributed by atoms with E-state index in [1.54, 1.807) is 6.07 Å². The van der Waals surface area contributed by atoms with Crippen LogP contribution in [0.3, 0.4) is 0 Å². The summed E-state index contributed by atoms with van der Waals surface area (Å²) in [4.78, 5) is 22.5. The van der Waals surface area contributed by atoms with Gasteiger partial charge < -0.3 is 15.6 Å². The maximum Gasteiger partial charge on any atom is 0.240 e. The predicted molar refractivity (Wildman–Crippen MR) is 61.4 cm³/mol. The van der Waals surface area contributed by atoms with E-state index in [9.17, 15) is 9.59 Å². The lowest BCUT2D eigenvalue weighted by Gasteiger charge is -2.07. The van der Waals surface area contributed by atoms with Crippen LogP contribution in [-0.4, -0.2) is 17.0 Å². The summed E-state index contributed by atoms with van der Waals surface area (Å²) in [6.07, 6.45) is 2.84. The summed E-state index contributed by atoms with van der Waals surface area (Å²) in [5, 5.41) is 10.6. The predicted octanol–water partition coefficient (Wildman–Crippen LogP) is -0.167. The van der Waals surface area contributed by atoms with Crippen LogP contribution in [0.2, 0.25) is 0 Å². The van der Waals surface area contributed by atoms with Gasteiger partial charge in [0.1, 0.15) is 13.1 Å². The SMILES string of the molecule is N#CCNC(=O)Cn1cc(N)c(=O)c(Br)c1. The molecule has 0 unspecified atom stereocenters. The third-order valence-electron chi connectivity index (χ3n) is 1.75. The van der Waals surface area contributed by atoms with E-state index >= 15 is 0 Å². The number of carbonyl (C=O) groups excluding carboxylic acids is 1. The molecule has 0 aliphatic heterocycles. The molecule has 7 heteroatoms. The fraction of sp³-hybridized carbons (Fsp3) is 0.222. The normalized spacial score (nSPS) is 9.50. The van der Waals surface area contributed by atoms with Crippen molar-refractivity contribution < 1.29 is 4.79 Å². The Bertz CT molecular complexity index is 477. The smallest absolute Gasteiger partial charge is 0.240 e. The van der Waals surface area contributed by atoms with Gasteiger partial charge in [0.2, 0.25) is 11.3 Å². The average Bonchev–Trinajstić information content (AvgIpc) is 2.23. The van der Waals surface area contributed by atoms with Crippen LogP contribution >= 0.6 is 15.9 Å². The number of nitrogen functional groups attached to an aromatic ring is 1. The first-order chi connectivity index (χ1) is 7.54. The van der Waals surface area contributed by atoms with Crippen molar-refractivity contribution >= 4 is 27.5 Å². The van der Waals surface area contributed by atoms with Gasteiger partial charge in [-0.2, -0.15) is 5.26 Å². The number of rotatable bonds is 3. The summed E-state index contributed by atoms with van der Waals surface area (Å²) in [5.74, 6) is -0.323. The molecular weight excluding hydrogens is 276 g/mol. The maximum atomic E-state index is 11.3. The topological polar surface area (TPSA) is 101 Å². The lowest BCUT2D eigenvalue weighted by molar-refractivity contribution is -0.121. The molecule has 6 nitrogen and oxygen atoms in total. The maximum absolute atomic E-state index is 11.3. The van der Waals surface area contributed by atoms with Gasteiger partial charge in [-0.15, -0.1) is 0 Å². The fourth-order valence-corrected chi connectivity index (χ4v) is 1.56. The highest BCUT2D eigenvalue weighted by Gasteiger charge is 2.05. The Kier molecular flexibility index (Phi) is 4.08. The first-order valence-electron chi connectivity index (χ1n) is 4.33. The molecule has 0 saturated heterocycles. The zero-order valence-electron chi connectivity index (χ0n) is 8.24. The minimum absolute atomic E-state index is 0.00472. The third kappa shape index (κ3) is 3.10. The second kappa shape index (κ2) is 5.32. The molecule has 0 atom stereocenters. The highest BCUT2D eigenvalue weighted by molar-refractivity contribution is 9.10. The molecule has 16 heavy (non-hydrogen) atoms. The minimum atomic E-state index is -0.323. The summed E-state index contributed by atoms with van der Waals surface area (Å²) in [6, 6.07) is 1.79. The molecule has 1 amide bonds. The molecule has 1 rings (SSSR count). The highest BCUT2D eigenvalue weighted by Crippen LogP contribution is 2.05. The van der Waals surface area contributed by atoms with Crippen LogP contribution < -0.4 is 16.5 Å². The van der Waals surface area contributed by atoms with Crippen LogP contribution in [-0.2, 0) is 11.3 Å². The molecule has 0 aliphatic carbocycles. The van der Waals surface area contributed by atoms with Crippen LogP contribution in [0.1, 0.15) is 0 Å². The van der Waals surface area contributed by atoms with E-state index in [4.69, 9.17) is 11.0 Å². The van der Waals surface area contributed by atoms with Crippen molar-refractivity contribution in [2.24, 2.45) is 0 Å². The van der Waals surface area contributed by atoms with Gasteiger partial charge in [0, 0.05) is 12.4 Å². The van der Waals surface area contributed by atoms with E-state index in [0.29, 0.717) is 4.47 Å². The van der Waals surface area contributed by atoms with Crippen molar-refractivity contribution in [1.29, 1.82) is 5.26 Å². The molecule has 0 aromatic carbocycles. The second-order valence-corrected chi connectivity index (χ2v) is 3.85. The molecule has 1 aromatic rings. The van der Waals surface area contributed by atoms with Crippen LogP contribution in [0.25, 0.3) is 0 Å². The summed E-state index contributed by atoms with van der Waals surface area (Å²) >= 11 is 3.04. The van der Waals surface area contributed by atoms with Crippen molar-refractivity contribution in [3.63, 3.8) is 0 Å².